The zero-order valence-electron chi connectivity index (χ0n) is 16.3. The average molecular weight is 502 g/mol. The summed E-state index contributed by atoms with van der Waals surface area (Å²) in [6, 6.07) is 11.6. The van der Waals surface area contributed by atoms with Gasteiger partial charge in [0.2, 0.25) is 5.91 Å². The Hall–Kier alpha value is -1.76. The lowest BCUT2D eigenvalue weighted by Gasteiger charge is -2.30. The van der Waals surface area contributed by atoms with Gasteiger partial charge in [-0.25, -0.2) is 0 Å². The number of carbonyl (C=O) groups excluding carboxylic acids is 2. The van der Waals surface area contributed by atoms with Crippen LogP contribution in [0.5, 0.6) is 5.75 Å². The van der Waals surface area contributed by atoms with E-state index in [1.807, 2.05) is 26.0 Å². The SMILES string of the molecule is CCNC(=O)C(CC)N(Cc1ccc(Cl)cc1)C(=O)COc1ccc(Cl)cc1Br. The monoisotopic (exact) mass is 500 g/mol. The molecule has 0 fully saturated rings. The van der Waals surface area contributed by atoms with Crippen molar-refractivity contribution in [1.82, 2.24) is 10.2 Å². The van der Waals surface area contributed by atoms with Gasteiger partial charge in [0.1, 0.15) is 11.8 Å². The van der Waals surface area contributed by atoms with E-state index in [1.54, 1.807) is 30.3 Å². The molecule has 0 aromatic heterocycles. The lowest BCUT2D eigenvalue weighted by atomic mass is 10.1. The highest BCUT2D eigenvalue weighted by Crippen LogP contribution is 2.28. The van der Waals surface area contributed by atoms with Gasteiger partial charge < -0.3 is 15.0 Å². The van der Waals surface area contributed by atoms with Crippen LogP contribution in [0.1, 0.15) is 25.8 Å². The quantitative estimate of drug-likeness (QED) is 0.521. The summed E-state index contributed by atoms with van der Waals surface area (Å²) in [5, 5.41) is 3.97. The maximum Gasteiger partial charge on any atom is 0.261 e. The van der Waals surface area contributed by atoms with E-state index >= 15 is 0 Å². The summed E-state index contributed by atoms with van der Waals surface area (Å²) < 4.78 is 6.33. The van der Waals surface area contributed by atoms with Gasteiger partial charge in [-0.1, -0.05) is 42.3 Å². The average Bonchev–Trinajstić information content (AvgIpc) is 2.68. The first-order chi connectivity index (χ1) is 13.8. The molecule has 29 heavy (non-hydrogen) atoms. The Balaban J connectivity index is 2.20. The van der Waals surface area contributed by atoms with Crippen molar-refractivity contribution in [3.8, 4) is 5.75 Å². The van der Waals surface area contributed by atoms with Crippen molar-refractivity contribution in [2.75, 3.05) is 13.2 Å². The molecule has 0 radical (unpaired) electrons. The van der Waals surface area contributed by atoms with E-state index in [2.05, 4.69) is 21.2 Å². The van der Waals surface area contributed by atoms with Crippen LogP contribution in [0.15, 0.2) is 46.9 Å². The zero-order valence-corrected chi connectivity index (χ0v) is 19.4. The zero-order chi connectivity index (χ0) is 21.4. The lowest BCUT2D eigenvalue weighted by molar-refractivity contribution is -0.142. The summed E-state index contributed by atoms with van der Waals surface area (Å²) >= 11 is 15.3. The third-order valence-electron chi connectivity index (χ3n) is 4.25. The Morgan fingerprint density at radius 2 is 1.76 bits per heavy atom. The lowest BCUT2D eigenvalue weighted by Crippen LogP contribution is -2.50. The van der Waals surface area contributed by atoms with Crippen LogP contribution in [-0.2, 0) is 16.1 Å². The van der Waals surface area contributed by atoms with Crippen LogP contribution >= 0.6 is 39.1 Å². The molecule has 0 bridgehead atoms. The van der Waals surface area contributed by atoms with Crippen LogP contribution < -0.4 is 10.1 Å². The summed E-state index contributed by atoms with van der Waals surface area (Å²) in [5.74, 6) is 0.0186. The minimum Gasteiger partial charge on any atom is -0.483 e. The van der Waals surface area contributed by atoms with Gasteiger partial charge in [-0.3, -0.25) is 9.59 Å². The van der Waals surface area contributed by atoms with Gasteiger partial charge in [-0.2, -0.15) is 0 Å². The van der Waals surface area contributed by atoms with Crippen molar-refractivity contribution < 1.29 is 14.3 Å². The molecule has 0 saturated carbocycles. The predicted molar refractivity (Wildman–Crippen MR) is 119 cm³/mol. The number of hydrogen-bond acceptors (Lipinski definition) is 3. The van der Waals surface area contributed by atoms with Gasteiger partial charge in [0.15, 0.2) is 6.61 Å². The number of halogens is 3. The first-order valence-corrected chi connectivity index (χ1v) is 10.8. The molecule has 2 rings (SSSR count). The second-order valence-corrected chi connectivity index (χ2v) is 8.06. The number of nitrogens with one attached hydrogen (secondary N) is 1. The number of likely N-dealkylation sites (N-methyl/N-ethyl adjacent to an activating group) is 1. The second kappa shape index (κ2) is 11.4. The summed E-state index contributed by atoms with van der Waals surface area (Å²) in [6.45, 7) is 4.28. The molecule has 0 aliphatic heterocycles. The highest BCUT2D eigenvalue weighted by atomic mass is 79.9. The third kappa shape index (κ3) is 6.91. The molecule has 156 valence electrons. The Morgan fingerprint density at radius 1 is 1.10 bits per heavy atom. The molecular weight excluding hydrogens is 479 g/mol. The predicted octanol–water partition coefficient (Wildman–Crippen LogP) is 5.08. The largest absolute Gasteiger partial charge is 0.483 e. The molecule has 1 atom stereocenters. The molecule has 2 amide bonds. The fourth-order valence-electron chi connectivity index (χ4n) is 2.81. The number of amides is 2. The van der Waals surface area contributed by atoms with Crippen molar-refractivity contribution in [3.63, 3.8) is 0 Å². The first kappa shape index (κ1) is 23.5. The Kier molecular flexibility index (Phi) is 9.27. The van der Waals surface area contributed by atoms with Crippen LogP contribution in [0, 0.1) is 0 Å². The van der Waals surface area contributed by atoms with E-state index < -0.39 is 6.04 Å². The van der Waals surface area contributed by atoms with E-state index in [4.69, 9.17) is 27.9 Å². The number of carbonyl (C=O) groups is 2. The Bertz CT molecular complexity index is 846. The maximum absolute atomic E-state index is 13.0. The van der Waals surface area contributed by atoms with Crippen LogP contribution in [0.2, 0.25) is 10.0 Å². The number of nitrogens with zero attached hydrogens (tertiary/aromatic N) is 1. The number of ether oxygens (including phenoxy) is 1. The molecule has 1 N–H and O–H groups in total. The maximum atomic E-state index is 13.0. The molecule has 2 aromatic carbocycles. The van der Waals surface area contributed by atoms with Crippen molar-refractivity contribution in [1.29, 1.82) is 0 Å². The van der Waals surface area contributed by atoms with Crippen LogP contribution in [-0.4, -0.2) is 35.9 Å². The smallest absolute Gasteiger partial charge is 0.261 e. The van der Waals surface area contributed by atoms with E-state index in [9.17, 15) is 9.59 Å². The van der Waals surface area contributed by atoms with Gasteiger partial charge in [0, 0.05) is 23.1 Å². The highest BCUT2D eigenvalue weighted by Gasteiger charge is 2.28. The summed E-state index contributed by atoms with van der Waals surface area (Å²) in [6.07, 6.45) is 0.482. The number of benzene rings is 2. The normalized spacial score (nSPS) is 11.6. The van der Waals surface area contributed by atoms with Gasteiger partial charge in [-0.05, 0) is 65.2 Å². The fourth-order valence-corrected chi connectivity index (χ4v) is 3.74. The van der Waals surface area contributed by atoms with Crippen molar-refractivity contribution in [2.24, 2.45) is 0 Å². The molecule has 1 unspecified atom stereocenters. The summed E-state index contributed by atoms with van der Waals surface area (Å²) in [4.78, 5) is 27.1. The van der Waals surface area contributed by atoms with Gasteiger partial charge in [-0.15, -0.1) is 0 Å². The molecule has 0 heterocycles. The molecule has 5 nitrogen and oxygen atoms in total. The minimum absolute atomic E-state index is 0.190. The van der Waals surface area contributed by atoms with Crippen molar-refractivity contribution in [2.45, 2.75) is 32.9 Å². The third-order valence-corrected chi connectivity index (χ3v) is 5.35. The van der Waals surface area contributed by atoms with E-state index in [-0.39, 0.29) is 25.0 Å². The standard InChI is InChI=1S/C21H23BrCl2N2O3/c1-3-18(21(28)25-4-2)26(12-14-5-7-15(23)8-6-14)20(27)13-29-19-10-9-16(24)11-17(19)22/h5-11,18H,3-4,12-13H2,1-2H3,(H,25,28). The van der Waals surface area contributed by atoms with E-state index in [1.165, 1.54) is 4.90 Å². The van der Waals surface area contributed by atoms with Gasteiger partial charge in [0.25, 0.3) is 5.91 Å². The van der Waals surface area contributed by atoms with Crippen LogP contribution in [0.3, 0.4) is 0 Å². The molecule has 0 saturated heterocycles. The molecule has 8 heteroatoms. The first-order valence-electron chi connectivity index (χ1n) is 9.25. The fraction of sp³-hybridized carbons (Fsp3) is 0.333. The van der Waals surface area contributed by atoms with E-state index in [0.29, 0.717) is 33.2 Å². The highest BCUT2D eigenvalue weighted by molar-refractivity contribution is 9.10. The summed E-state index contributed by atoms with van der Waals surface area (Å²) in [7, 11) is 0. The number of rotatable bonds is 9. The van der Waals surface area contributed by atoms with Crippen molar-refractivity contribution >= 4 is 50.9 Å². The summed E-state index contributed by atoms with van der Waals surface area (Å²) in [5.41, 5.74) is 0.873. The molecule has 0 aliphatic rings. The van der Waals surface area contributed by atoms with E-state index in [0.717, 1.165) is 5.56 Å². The topological polar surface area (TPSA) is 58.6 Å². The molecule has 0 spiro atoms. The minimum atomic E-state index is -0.601. The molecular formula is C21H23BrCl2N2O3. The van der Waals surface area contributed by atoms with Gasteiger partial charge >= 0.3 is 0 Å². The molecule has 2 aromatic rings. The van der Waals surface area contributed by atoms with Gasteiger partial charge in [0.05, 0.1) is 4.47 Å². The van der Waals surface area contributed by atoms with Crippen LogP contribution in [0.25, 0.3) is 0 Å². The van der Waals surface area contributed by atoms with Crippen LogP contribution in [0.4, 0.5) is 0 Å². The number of hydrogen-bond donors (Lipinski definition) is 1. The Morgan fingerprint density at radius 3 is 2.34 bits per heavy atom. The second-order valence-electron chi connectivity index (χ2n) is 6.33. The van der Waals surface area contributed by atoms with Crippen molar-refractivity contribution in [3.05, 3.63) is 62.5 Å². The Labute approximate surface area is 189 Å². The molecule has 0 aliphatic carbocycles.